The largest absolute Gasteiger partial charge is 0.396 e. The lowest BCUT2D eigenvalue weighted by molar-refractivity contribution is -0.384. The zero-order chi connectivity index (χ0) is 16.3. The summed E-state index contributed by atoms with van der Waals surface area (Å²) in [6.07, 6.45) is -0.675. The van der Waals surface area contributed by atoms with Gasteiger partial charge in [-0.2, -0.15) is 0 Å². The first-order valence-electron chi connectivity index (χ1n) is 6.58. The maximum Gasteiger partial charge on any atom is 0.292 e. The molecule has 21 heavy (non-hydrogen) atoms. The summed E-state index contributed by atoms with van der Waals surface area (Å²) < 4.78 is 0. The average molecular weight is 301 g/mol. The third-order valence-corrected chi connectivity index (χ3v) is 2.23. The van der Waals surface area contributed by atoms with E-state index in [4.69, 9.17) is 15.3 Å². The van der Waals surface area contributed by atoms with Gasteiger partial charge in [0.25, 0.3) is 5.69 Å². The average Bonchev–Trinajstić information content (AvgIpc) is 2.38. The van der Waals surface area contributed by atoms with E-state index in [1.807, 2.05) is 0 Å². The monoisotopic (exact) mass is 301 g/mol. The maximum atomic E-state index is 10.6. The number of para-hydroxylation sites is 2. The minimum atomic E-state index is -0.625. The lowest BCUT2D eigenvalue weighted by atomic mass is 10.2. The van der Waals surface area contributed by atoms with E-state index < -0.39 is 17.4 Å². The van der Waals surface area contributed by atoms with Gasteiger partial charge in [-0.15, -0.1) is 0 Å². The van der Waals surface area contributed by atoms with E-state index in [1.54, 1.807) is 32.0 Å². The van der Waals surface area contributed by atoms with Crippen LogP contribution in [0.15, 0.2) is 24.3 Å². The quantitative estimate of drug-likeness (QED) is 0.216. The molecule has 0 spiro atoms. The van der Waals surface area contributed by atoms with Crippen LogP contribution in [0.1, 0.15) is 20.3 Å². The molecule has 0 fully saturated rings. The Morgan fingerprint density at radius 2 is 1.81 bits per heavy atom. The van der Waals surface area contributed by atoms with E-state index in [2.05, 4.69) is 10.6 Å². The molecule has 1 rings (SSSR count). The van der Waals surface area contributed by atoms with Gasteiger partial charge in [-0.05, 0) is 26.3 Å². The second-order valence-corrected chi connectivity index (χ2v) is 4.30. The topological polar surface area (TPSA) is 128 Å². The van der Waals surface area contributed by atoms with E-state index in [0.29, 0.717) is 18.7 Å². The summed E-state index contributed by atoms with van der Waals surface area (Å²) in [4.78, 5) is 10.1. The van der Waals surface area contributed by atoms with Crippen LogP contribution in [0.5, 0.6) is 0 Å². The second kappa shape index (κ2) is 11.0. The van der Waals surface area contributed by atoms with E-state index >= 15 is 0 Å². The molecule has 8 nitrogen and oxygen atoms in total. The van der Waals surface area contributed by atoms with Crippen LogP contribution in [-0.4, -0.2) is 45.9 Å². The first-order valence-corrected chi connectivity index (χ1v) is 6.58. The predicted octanol–water partition coefficient (Wildman–Crippen LogP) is 0.642. The van der Waals surface area contributed by atoms with Crippen molar-refractivity contribution >= 4 is 11.4 Å². The molecule has 0 saturated heterocycles. The third kappa shape index (κ3) is 9.74. The molecular weight excluding hydrogens is 278 g/mol. The van der Waals surface area contributed by atoms with Crippen LogP contribution in [0.2, 0.25) is 0 Å². The van der Waals surface area contributed by atoms with Crippen LogP contribution in [0.4, 0.5) is 11.4 Å². The lowest BCUT2D eigenvalue weighted by Gasteiger charge is -2.08. The predicted molar refractivity (Wildman–Crippen MR) is 79.8 cm³/mol. The van der Waals surface area contributed by atoms with Gasteiger partial charge in [0.1, 0.15) is 18.1 Å². The summed E-state index contributed by atoms with van der Waals surface area (Å²) in [5.74, 6) is 0. The van der Waals surface area contributed by atoms with Crippen molar-refractivity contribution in [3.05, 3.63) is 34.4 Å². The highest BCUT2D eigenvalue weighted by atomic mass is 16.6. The van der Waals surface area contributed by atoms with Gasteiger partial charge in [0.2, 0.25) is 0 Å². The number of hydrogen-bond donors (Lipinski definition) is 5. The highest BCUT2D eigenvalue weighted by Crippen LogP contribution is 2.22. The Morgan fingerprint density at radius 1 is 1.24 bits per heavy atom. The van der Waals surface area contributed by atoms with Crippen molar-refractivity contribution < 1.29 is 20.2 Å². The van der Waals surface area contributed by atoms with Crippen LogP contribution < -0.4 is 10.6 Å². The fourth-order valence-electron chi connectivity index (χ4n) is 1.43. The molecule has 0 amide bonds. The molecule has 0 aliphatic heterocycles. The van der Waals surface area contributed by atoms with Crippen molar-refractivity contribution in [1.29, 1.82) is 0 Å². The van der Waals surface area contributed by atoms with E-state index in [1.165, 1.54) is 6.07 Å². The van der Waals surface area contributed by atoms with Crippen LogP contribution >= 0.6 is 0 Å². The lowest BCUT2D eigenvalue weighted by Crippen LogP contribution is -2.33. The molecule has 1 aromatic rings. The first kappa shape index (κ1) is 19.3. The molecule has 0 heterocycles. The Labute approximate surface area is 123 Å². The molecule has 5 N–H and O–H groups in total. The zero-order valence-electron chi connectivity index (χ0n) is 12.2. The Kier molecular flexibility index (Phi) is 10.1. The van der Waals surface area contributed by atoms with Crippen molar-refractivity contribution in [3.63, 3.8) is 0 Å². The fourth-order valence-corrected chi connectivity index (χ4v) is 1.43. The molecule has 0 radical (unpaired) electrons. The van der Waals surface area contributed by atoms with Crippen molar-refractivity contribution in [3.8, 4) is 0 Å². The van der Waals surface area contributed by atoms with Crippen LogP contribution in [0.3, 0.4) is 0 Å². The van der Waals surface area contributed by atoms with Gasteiger partial charge in [-0.1, -0.05) is 12.1 Å². The molecule has 0 saturated carbocycles. The highest BCUT2D eigenvalue weighted by molar-refractivity contribution is 5.60. The van der Waals surface area contributed by atoms with Gasteiger partial charge in [0, 0.05) is 19.2 Å². The molecule has 120 valence electrons. The molecule has 8 heteroatoms. The van der Waals surface area contributed by atoms with E-state index in [-0.39, 0.29) is 12.3 Å². The number of nitro benzene ring substituents is 1. The van der Waals surface area contributed by atoms with E-state index in [9.17, 15) is 10.1 Å². The van der Waals surface area contributed by atoms with Crippen LogP contribution in [0, 0.1) is 10.1 Å². The number of nitro groups is 1. The molecule has 0 aromatic heterocycles. The molecule has 0 bridgehead atoms. The number of aliphatic hydroxyl groups is 3. The second-order valence-electron chi connectivity index (χ2n) is 4.30. The number of anilines is 1. The van der Waals surface area contributed by atoms with Gasteiger partial charge < -0.3 is 20.6 Å². The normalized spacial score (nSPS) is 12.8. The molecule has 1 aromatic carbocycles. The SMILES string of the molecule is CC(O)NC(C)O.O=[N+]([O-])c1ccccc1NCCCO. The first-order chi connectivity index (χ1) is 9.88. The summed E-state index contributed by atoms with van der Waals surface area (Å²) in [5.41, 5.74) is 0.552. The van der Waals surface area contributed by atoms with Crippen molar-refractivity contribution in [2.75, 3.05) is 18.5 Å². The molecule has 0 aliphatic carbocycles. The summed E-state index contributed by atoms with van der Waals surface area (Å²) in [5, 5.41) is 41.3. The number of hydrogen-bond acceptors (Lipinski definition) is 7. The van der Waals surface area contributed by atoms with Crippen molar-refractivity contribution in [2.45, 2.75) is 32.7 Å². The van der Waals surface area contributed by atoms with Crippen LogP contribution in [-0.2, 0) is 0 Å². The number of rotatable bonds is 7. The van der Waals surface area contributed by atoms with Gasteiger partial charge in [0.15, 0.2) is 0 Å². The van der Waals surface area contributed by atoms with Crippen molar-refractivity contribution in [1.82, 2.24) is 5.32 Å². The molecule has 0 aliphatic rings. The molecular formula is C13H23N3O5. The zero-order valence-corrected chi connectivity index (χ0v) is 12.2. The summed E-state index contributed by atoms with van der Waals surface area (Å²) in [6.45, 7) is 3.70. The number of nitrogens with zero attached hydrogens (tertiary/aromatic N) is 1. The Hall–Kier alpha value is -1.74. The minimum absolute atomic E-state index is 0.0606. The third-order valence-electron chi connectivity index (χ3n) is 2.23. The number of benzene rings is 1. The smallest absolute Gasteiger partial charge is 0.292 e. The number of nitrogens with one attached hydrogen (secondary N) is 2. The number of aliphatic hydroxyl groups excluding tert-OH is 3. The van der Waals surface area contributed by atoms with Crippen molar-refractivity contribution in [2.24, 2.45) is 0 Å². The summed E-state index contributed by atoms with van der Waals surface area (Å²) >= 11 is 0. The van der Waals surface area contributed by atoms with Crippen LogP contribution in [0.25, 0.3) is 0 Å². The maximum absolute atomic E-state index is 10.6. The van der Waals surface area contributed by atoms with E-state index in [0.717, 1.165) is 0 Å². The standard InChI is InChI=1S/C9H12N2O3.C4H11NO2/c12-7-3-6-10-8-4-1-2-5-9(8)11(13)14;1-3(6)5-4(2)7/h1-2,4-5,10,12H,3,6-7H2;3-7H,1-2H3. The molecule has 2 atom stereocenters. The van der Waals surface area contributed by atoms with Gasteiger partial charge >= 0.3 is 0 Å². The Bertz CT molecular complexity index is 407. The highest BCUT2D eigenvalue weighted by Gasteiger charge is 2.10. The Balaban J connectivity index is 0.000000486. The van der Waals surface area contributed by atoms with Gasteiger partial charge in [0.05, 0.1) is 4.92 Å². The summed E-state index contributed by atoms with van der Waals surface area (Å²) in [7, 11) is 0. The minimum Gasteiger partial charge on any atom is -0.396 e. The molecule has 2 unspecified atom stereocenters. The Morgan fingerprint density at radius 3 is 2.24 bits per heavy atom. The summed E-state index contributed by atoms with van der Waals surface area (Å²) in [6, 6.07) is 6.44. The fraction of sp³-hybridized carbons (Fsp3) is 0.538. The van der Waals surface area contributed by atoms with Gasteiger partial charge in [-0.25, -0.2) is 0 Å². The van der Waals surface area contributed by atoms with Gasteiger partial charge in [-0.3, -0.25) is 15.4 Å².